The molecular weight excluding hydrogens is 303 g/mol. The van der Waals surface area contributed by atoms with Gasteiger partial charge in [-0.15, -0.1) is 0 Å². The molecule has 2 N–H and O–H groups in total. The molecular formula is C13H18Cl2N2O3. The van der Waals surface area contributed by atoms with Gasteiger partial charge in [0.05, 0.1) is 11.6 Å². The number of benzene rings is 1. The zero-order valence-electron chi connectivity index (χ0n) is 11.4. The summed E-state index contributed by atoms with van der Waals surface area (Å²) in [5.41, 5.74) is 0. The van der Waals surface area contributed by atoms with Gasteiger partial charge in [0.1, 0.15) is 18.5 Å². The average molecular weight is 321 g/mol. The summed E-state index contributed by atoms with van der Waals surface area (Å²) >= 11 is 11.8. The Hall–Kier alpha value is -1.01. The van der Waals surface area contributed by atoms with E-state index in [0.717, 1.165) is 0 Å². The van der Waals surface area contributed by atoms with Crippen molar-refractivity contribution >= 4 is 29.1 Å². The molecule has 0 saturated carbocycles. The molecule has 1 unspecified atom stereocenters. The molecule has 7 heteroatoms. The van der Waals surface area contributed by atoms with Crippen LogP contribution in [-0.4, -0.2) is 55.8 Å². The van der Waals surface area contributed by atoms with E-state index in [9.17, 15) is 9.90 Å². The highest BCUT2D eigenvalue weighted by atomic mass is 35.5. The number of hydrogen-bond acceptors (Lipinski definition) is 4. The average Bonchev–Trinajstić information content (AvgIpc) is 2.39. The molecule has 1 aromatic rings. The van der Waals surface area contributed by atoms with Gasteiger partial charge in [0, 0.05) is 31.7 Å². The van der Waals surface area contributed by atoms with Crippen LogP contribution >= 0.6 is 23.2 Å². The van der Waals surface area contributed by atoms with Crippen molar-refractivity contribution in [3.63, 3.8) is 0 Å². The maximum atomic E-state index is 11.3. The SMILES string of the molecule is CN(C)C(=O)CNCC(O)COc1cc(Cl)ccc1Cl. The fraction of sp³-hybridized carbons (Fsp3) is 0.462. The minimum absolute atomic E-state index is 0.0587. The number of rotatable bonds is 7. The van der Waals surface area contributed by atoms with E-state index < -0.39 is 6.10 Å². The Balaban J connectivity index is 2.31. The van der Waals surface area contributed by atoms with Gasteiger partial charge in [0.15, 0.2) is 0 Å². The molecule has 0 aliphatic carbocycles. The molecule has 20 heavy (non-hydrogen) atoms. The molecule has 1 atom stereocenters. The molecule has 0 fully saturated rings. The number of carbonyl (C=O) groups is 1. The first-order valence-corrected chi connectivity index (χ1v) is 6.82. The van der Waals surface area contributed by atoms with E-state index >= 15 is 0 Å². The third-order valence-electron chi connectivity index (χ3n) is 2.48. The van der Waals surface area contributed by atoms with Crippen molar-refractivity contribution in [3.8, 4) is 5.75 Å². The second-order valence-electron chi connectivity index (χ2n) is 4.46. The van der Waals surface area contributed by atoms with Crippen LogP contribution in [0.2, 0.25) is 10.0 Å². The number of carbonyl (C=O) groups excluding carboxylic acids is 1. The van der Waals surface area contributed by atoms with E-state index in [4.69, 9.17) is 27.9 Å². The van der Waals surface area contributed by atoms with Crippen molar-refractivity contribution in [2.45, 2.75) is 6.10 Å². The van der Waals surface area contributed by atoms with Crippen molar-refractivity contribution in [3.05, 3.63) is 28.2 Å². The third-order valence-corrected chi connectivity index (χ3v) is 3.03. The Kier molecular flexibility index (Phi) is 7.09. The normalized spacial score (nSPS) is 12.1. The maximum Gasteiger partial charge on any atom is 0.236 e. The van der Waals surface area contributed by atoms with Gasteiger partial charge in [0.2, 0.25) is 5.91 Å². The van der Waals surface area contributed by atoms with Crippen LogP contribution in [-0.2, 0) is 4.79 Å². The predicted molar refractivity (Wildman–Crippen MR) is 79.5 cm³/mol. The number of nitrogens with zero attached hydrogens (tertiary/aromatic N) is 1. The molecule has 0 bridgehead atoms. The highest BCUT2D eigenvalue weighted by Gasteiger charge is 2.09. The van der Waals surface area contributed by atoms with Crippen LogP contribution in [0.1, 0.15) is 0 Å². The lowest BCUT2D eigenvalue weighted by Gasteiger charge is -2.15. The molecule has 0 spiro atoms. The van der Waals surface area contributed by atoms with Gasteiger partial charge in [-0.25, -0.2) is 0 Å². The predicted octanol–water partition coefficient (Wildman–Crippen LogP) is 1.41. The number of halogens is 2. The van der Waals surface area contributed by atoms with Crippen molar-refractivity contribution in [1.82, 2.24) is 10.2 Å². The van der Waals surface area contributed by atoms with E-state index in [1.165, 1.54) is 4.90 Å². The first kappa shape index (κ1) is 17.0. The summed E-state index contributed by atoms with van der Waals surface area (Å²) in [6, 6.07) is 4.86. The third kappa shape index (κ3) is 5.96. The highest BCUT2D eigenvalue weighted by molar-refractivity contribution is 6.34. The van der Waals surface area contributed by atoms with Crippen LogP contribution in [0.5, 0.6) is 5.75 Å². The van der Waals surface area contributed by atoms with Gasteiger partial charge in [-0.1, -0.05) is 23.2 Å². The van der Waals surface area contributed by atoms with Gasteiger partial charge in [-0.3, -0.25) is 4.79 Å². The second-order valence-corrected chi connectivity index (χ2v) is 5.30. The van der Waals surface area contributed by atoms with Crippen LogP contribution in [0.4, 0.5) is 0 Å². The number of hydrogen-bond donors (Lipinski definition) is 2. The largest absolute Gasteiger partial charge is 0.489 e. The Labute approximate surface area is 128 Å². The number of aliphatic hydroxyl groups is 1. The second kappa shape index (κ2) is 8.32. The monoisotopic (exact) mass is 320 g/mol. The summed E-state index contributed by atoms with van der Waals surface area (Å²) in [4.78, 5) is 12.8. The van der Waals surface area contributed by atoms with Crippen molar-refractivity contribution in [2.75, 3.05) is 33.8 Å². The van der Waals surface area contributed by atoms with Gasteiger partial charge in [-0.2, -0.15) is 0 Å². The van der Waals surface area contributed by atoms with E-state index in [2.05, 4.69) is 5.32 Å². The number of amides is 1. The van der Waals surface area contributed by atoms with Crippen molar-refractivity contribution in [1.29, 1.82) is 0 Å². The Morgan fingerprint density at radius 1 is 1.45 bits per heavy atom. The first-order valence-electron chi connectivity index (χ1n) is 6.07. The van der Waals surface area contributed by atoms with Crippen molar-refractivity contribution in [2.24, 2.45) is 0 Å². The van der Waals surface area contributed by atoms with Gasteiger partial charge in [-0.05, 0) is 12.1 Å². The first-order chi connectivity index (χ1) is 9.40. The summed E-state index contributed by atoms with van der Waals surface area (Å²) in [5, 5.41) is 13.5. The number of aliphatic hydroxyl groups excluding tert-OH is 1. The lowest BCUT2D eigenvalue weighted by atomic mass is 10.3. The van der Waals surface area contributed by atoms with E-state index in [0.29, 0.717) is 15.8 Å². The molecule has 0 radical (unpaired) electrons. The molecule has 0 saturated heterocycles. The molecule has 1 amide bonds. The van der Waals surface area contributed by atoms with E-state index in [1.54, 1.807) is 32.3 Å². The van der Waals surface area contributed by atoms with Crippen LogP contribution < -0.4 is 10.1 Å². The summed E-state index contributed by atoms with van der Waals surface area (Å²) in [6.45, 7) is 0.475. The number of ether oxygens (including phenoxy) is 1. The van der Waals surface area contributed by atoms with Crippen LogP contribution in [0.25, 0.3) is 0 Å². The molecule has 0 heterocycles. The van der Waals surface area contributed by atoms with E-state index in [-0.39, 0.29) is 25.6 Å². The molecule has 1 aromatic carbocycles. The highest BCUT2D eigenvalue weighted by Crippen LogP contribution is 2.27. The maximum absolute atomic E-state index is 11.3. The van der Waals surface area contributed by atoms with Gasteiger partial charge >= 0.3 is 0 Å². The minimum Gasteiger partial charge on any atom is -0.489 e. The Morgan fingerprint density at radius 2 is 2.15 bits per heavy atom. The summed E-state index contributed by atoms with van der Waals surface area (Å²) < 4.78 is 5.38. The van der Waals surface area contributed by atoms with Crippen LogP contribution in [0.15, 0.2) is 18.2 Å². The zero-order valence-corrected chi connectivity index (χ0v) is 12.9. The number of likely N-dealkylation sites (N-methyl/N-ethyl adjacent to an activating group) is 1. The summed E-state index contributed by atoms with van der Waals surface area (Å²) in [5.74, 6) is 0.360. The fourth-order valence-electron chi connectivity index (χ4n) is 1.34. The topological polar surface area (TPSA) is 61.8 Å². The Morgan fingerprint density at radius 3 is 2.80 bits per heavy atom. The quantitative estimate of drug-likeness (QED) is 0.797. The lowest BCUT2D eigenvalue weighted by Crippen LogP contribution is -2.38. The smallest absolute Gasteiger partial charge is 0.236 e. The lowest BCUT2D eigenvalue weighted by molar-refractivity contribution is -0.127. The summed E-state index contributed by atoms with van der Waals surface area (Å²) in [7, 11) is 3.34. The molecule has 0 aliphatic heterocycles. The summed E-state index contributed by atoms with van der Waals surface area (Å²) in [6.07, 6.45) is -0.750. The van der Waals surface area contributed by atoms with Crippen LogP contribution in [0, 0.1) is 0 Å². The minimum atomic E-state index is -0.750. The zero-order chi connectivity index (χ0) is 15.1. The Bertz CT molecular complexity index is 455. The fourth-order valence-corrected chi connectivity index (χ4v) is 1.67. The molecule has 112 valence electrons. The van der Waals surface area contributed by atoms with Crippen molar-refractivity contribution < 1.29 is 14.6 Å². The molecule has 5 nitrogen and oxygen atoms in total. The number of nitrogens with one attached hydrogen (secondary N) is 1. The van der Waals surface area contributed by atoms with Crippen LogP contribution in [0.3, 0.4) is 0 Å². The van der Waals surface area contributed by atoms with Gasteiger partial charge in [0.25, 0.3) is 0 Å². The van der Waals surface area contributed by atoms with Gasteiger partial charge < -0.3 is 20.1 Å². The molecule has 0 aliphatic rings. The molecule has 0 aromatic heterocycles. The molecule has 1 rings (SSSR count). The standard InChI is InChI=1S/C13H18Cl2N2O3/c1-17(2)13(19)7-16-6-10(18)8-20-12-5-9(14)3-4-11(12)15/h3-5,10,16,18H,6-8H2,1-2H3. The van der Waals surface area contributed by atoms with E-state index in [1.807, 2.05) is 0 Å².